The van der Waals surface area contributed by atoms with Crippen LogP contribution in [-0.4, -0.2) is 5.78 Å². The molecule has 1 rings (SSSR count). The molecule has 0 aromatic heterocycles. The normalized spacial score (nSPS) is 20.9. The van der Waals surface area contributed by atoms with E-state index in [1.54, 1.807) is 6.92 Å². The van der Waals surface area contributed by atoms with Gasteiger partial charge in [0.2, 0.25) is 0 Å². The van der Waals surface area contributed by atoms with Crippen LogP contribution in [-0.2, 0) is 4.79 Å². The van der Waals surface area contributed by atoms with Gasteiger partial charge in [0.25, 0.3) is 0 Å². The first kappa shape index (κ1) is 8.76. The van der Waals surface area contributed by atoms with Gasteiger partial charge in [0.15, 0.2) is 0 Å². The van der Waals surface area contributed by atoms with Crippen molar-refractivity contribution in [3.8, 4) is 0 Å². The van der Waals surface area contributed by atoms with Gasteiger partial charge in [-0.2, -0.15) is 0 Å². The highest BCUT2D eigenvalue weighted by Gasteiger charge is 2.23. The van der Waals surface area contributed by atoms with E-state index < -0.39 is 0 Å². The zero-order valence-electron chi connectivity index (χ0n) is 7.60. The Morgan fingerprint density at radius 1 is 1.55 bits per heavy atom. The molecule has 1 fully saturated rings. The fourth-order valence-electron chi connectivity index (χ4n) is 1.68. The molecule has 1 unspecified atom stereocenters. The summed E-state index contributed by atoms with van der Waals surface area (Å²) in [5, 5.41) is 0. The predicted molar refractivity (Wildman–Crippen MR) is 46.4 cm³/mol. The van der Waals surface area contributed by atoms with E-state index in [2.05, 4.69) is 6.92 Å². The van der Waals surface area contributed by atoms with Crippen molar-refractivity contribution in [3.05, 3.63) is 0 Å². The first-order chi connectivity index (χ1) is 5.20. The maximum absolute atomic E-state index is 10.7. The number of Topliss-reactive ketones (excluding diaryl/α,β-unsaturated/α-hetero) is 1. The highest BCUT2D eigenvalue weighted by atomic mass is 16.1. The smallest absolute Gasteiger partial charge is 0.129 e. The van der Waals surface area contributed by atoms with Gasteiger partial charge in [-0.1, -0.05) is 26.2 Å². The lowest BCUT2D eigenvalue weighted by Gasteiger charge is -2.31. The molecule has 0 N–H and O–H groups in total. The van der Waals surface area contributed by atoms with Crippen LogP contribution in [0, 0.1) is 11.8 Å². The largest absolute Gasteiger partial charge is 0.300 e. The van der Waals surface area contributed by atoms with Crippen LogP contribution in [0.2, 0.25) is 0 Å². The summed E-state index contributed by atoms with van der Waals surface area (Å²) in [6.07, 6.45) is 6.12. The predicted octanol–water partition coefficient (Wildman–Crippen LogP) is 2.79. The van der Waals surface area contributed by atoms with Crippen LogP contribution >= 0.6 is 0 Å². The zero-order chi connectivity index (χ0) is 8.27. The Balaban J connectivity index is 2.09. The third kappa shape index (κ3) is 2.64. The Labute approximate surface area is 69.2 Å². The van der Waals surface area contributed by atoms with Gasteiger partial charge in [0.05, 0.1) is 0 Å². The van der Waals surface area contributed by atoms with Crippen molar-refractivity contribution < 1.29 is 4.79 Å². The van der Waals surface area contributed by atoms with E-state index >= 15 is 0 Å². The molecule has 1 saturated carbocycles. The van der Waals surface area contributed by atoms with Gasteiger partial charge < -0.3 is 4.79 Å². The first-order valence-corrected chi connectivity index (χ1v) is 4.69. The standard InChI is InChI=1S/C10H18O/c1-8(6-7-9(2)11)10-4-3-5-10/h8,10H,3-7H2,1-2H3. The van der Waals surface area contributed by atoms with E-state index in [9.17, 15) is 4.79 Å². The topological polar surface area (TPSA) is 17.1 Å². The molecule has 1 atom stereocenters. The maximum Gasteiger partial charge on any atom is 0.129 e. The summed E-state index contributed by atoms with van der Waals surface area (Å²) in [6, 6.07) is 0. The minimum atomic E-state index is 0.344. The van der Waals surface area contributed by atoms with E-state index in [4.69, 9.17) is 0 Å². The molecule has 1 aliphatic rings. The van der Waals surface area contributed by atoms with E-state index in [1.165, 1.54) is 19.3 Å². The summed E-state index contributed by atoms with van der Waals surface area (Å²) in [5.41, 5.74) is 0. The van der Waals surface area contributed by atoms with E-state index in [1.807, 2.05) is 0 Å². The Morgan fingerprint density at radius 3 is 2.55 bits per heavy atom. The second-order valence-corrected chi connectivity index (χ2v) is 3.91. The van der Waals surface area contributed by atoms with Crippen molar-refractivity contribution in [1.29, 1.82) is 0 Å². The molecule has 0 aromatic rings. The van der Waals surface area contributed by atoms with Gasteiger partial charge in [-0.05, 0) is 25.2 Å². The fraction of sp³-hybridized carbons (Fsp3) is 0.900. The molecular formula is C10H18O. The van der Waals surface area contributed by atoms with Crippen molar-refractivity contribution in [1.82, 2.24) is 0 Å². The molecule has 1 heteroatoms. The number of ketones is 1. The van der Waals surface area contributed by atoms with Crippen LogP contribution in [0.3, 0.4) is 0 Å². The Morgan fingerprint density at radius 2 is 2.18 bits per heavy atom. The van der Waals surface area contributed by atoms with Crippen LogP contribution in [0.5, 0.6) is 0 Å². The number of carbonyl (C=O) groups excluding carboxylic acids is 1. The minimum Gasteiger partial charge on any atom is -0.300 e. The lowest BCUT2D eigenvalue weighted by Crippen LogP contribution is -2.19. The van der Waals surface area contributed by atoms with Gasteiger partial charge in [-0.25, -0.2) is 0 Å². The number of rotatable bonds is 4. The van der Waals surface area contributed by atoms with Crippen LogP contribution in [0.4, 0.5) is 0 Å². The van der Waals surface area contributed by atoms with Crippen molar-refractivity contribution in [3.63, 3.8) is 0 Å². The third-order valence-corrected chi connectivity index (χ3v) is 2.91. The summed E-state index contributed by atoms with van der Waals surface area (Å²) >= 11 is 0. The van der Waals surface area contributed by atoms with Crippen LogP contribution in [0.25, 0.3) is 0 Å². The van der Waals surface area contributed by atoms with Crippen molar-refractivity contribution in [2.75, 3.05) is 0 Å². The summed E-state index contributed by atoms with van der Waals surface area (Å²) < 4.78 is 0. The lowest BCUT2D eigenvalue weighted by molar-refractivity contribution is -0.117. The third-order valence-electron chi connectivity index (χ3n) is 2.91. The maximum atomic E-state index is 10.7. The molecular weight excluding hydrogens is 136 g/mol. The molecule has 0 aliphatic heterocycles. The average Bonchev–Trinajstić information content (AvgIpc) is 1.79. The van der Waals surface area contributed by atoms with Crippen molar-refractivity contribution in [2.24, 2.45) is 11.8 Å². The first-order valence-electron chi connectivity index (χ1n) is 4.69. The van der Waals surface area contributed by atoms with Gasteiger partial charge in [-0.15, -0.1) is 0 Å². The number of hydrogen-bond acceptors (Lipinski definition) is 1. The highest BCUT2D eigenvalue weighted by molar-refractivity contribution is 5.75. The molecule has 1 nitrogen and oxygen atoms in total. The quantitative estimate of drug-likeness (QED) is 0.608. The zero-order valence-corrected chi connectivity index (χ0v) is 7.60. The SMILES string of the molecule is CC(=O)CCC(C)C1CCC1. The molecule has 0 aromatic carbocycles. The highest BCUT2D eigenvalue weighted by Crippen LogP contribution is 2.35. The van der Waals surface area contributed by atoms with E-state index in [-0.39, 0.29) is 0 Å². The summed E-state index contributed by atoms with van der Waals surface area (Å²) in [5.74, 6) is 2.07. The molecule has 0 spiro atoms. The summed E-state index contributed by atoms with van der Waals surface area (Å²) in [4.78, 5) is 10.7. The van der Waals surface area contributed by atoms with Crippen LogP contribution in [0.1, 0.15) is 46.0 Å². The van der Waals surface area contributed by atoms with Gasteiger partial charge in [0, 0.05) is 6.42 Å². The molecule has 64 valence electrons. The van der Waals surface area contributed by atoms with Crippen LogP contribution < -0.4 is 0 Å². The second-order valence-electron chi connectivity index (χ2n) is 3.91. The van der Waals surface area contributed by atoms with Crippen molar-refractivity contribution in [2.45, 2.75) is 46.0 Å². The molecule has 0 bridgehead atoms. The Bertz CT molecular complexity index is 136. The Kier molecular flexibility index (Phi) is 3.10. The van der Waals surface area contributed by atoms with Gasteiger partial charge in [0.1, 0.15) is 5.78 Å². The van der Waals surface area contributed by atoms with E-state index in [0.29, 0.717) is 5.78 Å². The molecule has 0 saturated heterocycles. The molecule has 11 heavy (non-hydrogen) atoms. The average molecular weight is 154 g/mol. The van der Waals surface area contributed by atoms with Gasteiger partial charge >= 0.3 is 0 Å². The van der Waals surface area contributed by atoms with Gasteiger partial charge in [-0.3, -0.25) is 0 Å². The molecule has 0 radical (unpaired) electrons. The fourth-order valence-corrected chi connectivity index (χ4v) is 1.68. The minimum absolute atomic E-state index is 0.344. The molecule has 0 heterocycles. The Hall–Kier alpha value is -0.330. The summed E-state index contributed by atoms with van der Waals surface area (Å²) in [6.45, 7) is 3.97. The monoisotopic (exact) mass is 154 g/mol. The molecule has 1 aliphatic carbocycles. The molecule has 0 amide bonds. The van der Waals surface area contributed by atoms with E-state index in [0.717, 1.165) is 24.7 Å². The number of hydrogen-bond donors (Lipinski definition) is 0. The van der Waals surface area contributed by atoms with Crippen LogP contribution in [0.15, 0.2) is 0 Å². The summed E-state index contributed by atoms with van der Waals surface area (Å²) in [7, 11) is 0. The second kappa shape index (κ2) is 3.89. The lowest BCUT2D eigenvalue weighted by atomic mass is 9.75. The number of carbonyl (C=O) groups is 1. The van der Waals surface area contributed by atoms with Crippen molar-refractivity contribution >= 4 is 5.78 Å².